The SMILES string of the molecule is Cc1cc(-c2ccccc2)nn(C(C)C2CCCN2)c1=O.Cl. The fraction of sp³-hybridized carbons (Fsp3) is 0.412. The third-order valence-corrected chi connectivity index (χ3v) is 4.25. The monoisotopic (exact) mass is 319 g/mol. The van der Waals surface area contributed by atoms with Gasteiger partial charge in [0.15, 0.2) is 0 Å². The summed E-state index contributed by atoms with van der Waals surface area (Å²) in [5, 5.41) is 8.07. The van der Waals surface area contributed by atoms with E-state index in [-0.39, 0.29) is 24.0 Å². The Morgan fingerprint density at radius 2 is 2.05 bits per heavy atom. The van der Waals surface area contributed by atoms with Gasteiger partial charge in [0.05, 0.1) is 11.7 Å². The van der Waals surface area contributed by atoms with E-state index in [0.29, 0.717) is 6.04 Å². The van der Waals surface area contributed by atoms with E-state index in [4.69, 9.17) is 0 Å². The molecule has 1 aromatic carbocycles. The summed E-state index contributed by atoms with van der Waals surface area (Å²) < 4.78 is 1.65. The number of aromatic nitrogens is 2. The first kappa shape index (κ1) is 16.7. The second-order valence-corrected chi connectivity index (χ2v) is 5.77. The number of nitrogens with one attached hydrogen (secondary N) is 1. The van der Waals surface area contributed by atoms with Crippen molar-refractivity contribution in [2.75, 3.05) is 6.54 Å². The van der Waals surface area contributed by atoms with Crippen LogP contribution in [-0.4, -0.2) is 22.4 Å². The van der Waals surface area contributed by atoms with Crippen LogP contribution in [0.5, 0.6) is 0 Å². The Kier molecular flexibility index (Phi) is 5.37. The molecule has 22 heavy (non-hydrogen) atoms. The predicted octanol–water partition coefficient (Wildman–Crippen LogP) is 2.95. The highest BCUT2D eigenvalue weighted by Crippen LogP contribution is 2.20. The zero-order chi connectivity index (χ0) is 14.8. The van der Waals surface area contributed by atoms with E-state index in [1.807, 2.05) is 43.3 Å². The molecule has 3 rings (SSSR count). The van der Waals surface area contributed by atoms with Crippen molar-refractivity contribution in [2.45, 2.75) is 38.8 Å². The molecule has 2 heterocycles. The first-order valence-electron chi connectivity index (χ1n) is 7.56. The van der Waals surface area contributed by atoms with Gasteiger partial charge in [-0.25, -0.2) is 4.68 Å². The average molecular weight is 320 g/mol. The lowest BCUT2D eigenvalue weighted by molar-refractivity contribution is 0.365. The minimum Gasteiger partial charge on any atom is -0.312 e. The third-order valence-electron chi connectivity index (χ3n) is 4.25. The fourth-order valence-corrected chi connectivity index (χ4v) is 2.96. The van der Waals surface area contributed by atoms with Gasteiger partial charge in [-0.2, -0.15) is 5.10 Å². The predicted molar refractivity (Wildman–Crippen MR) is 91.7 cm³/mol. The van der Waals surface area contributed by atoms with Gasteiger partial charge in [-0.05, 0) is 39.3 Å². The summed E-state index contributed by atoms with van der Waals surface area (Å²) in [6.45, 7) is 4.97. The van der Waals surface area contributed by atoms with Crippen LogP contribution in [0.4, 0.5) is 0 Å². The molecule has 0 radical (unpaired) electrons. The summed E-state index contributed by atoms with van der Waals surface area (Å²) in [5.74, 6) is 0. The smallest absolute Gasteiger partial charge is 0.270 e. The Balaban J connectivity index is 0.00000176. The van der Waals surface area contributed by atoms with Crippen LogP contribution in [0.3, 0.4) is 0 Å². The largest absolute Gasteiger partial charge is 0.312 e. The van der Waals surface area contributed by atoms with Crippen molar-refractivity contribution in [1.82, 2.24) is 15.1 Å². The van der Waals surface area contributed by atoms with Crippen LogP contribution in [0, 0.1) is 6.92 Å². The number of hydrogen-bond donors (Lipinski definition) is 1. The van der Waals surface area contributed by atoms with Crippen molar-refractivity contribution in [3.05, 3.63) is 52.3 Å². The summed E-state index contributed by atoms with van der Waals surface area (Å²) in [7, 11) is 0. The first-order valence-corrected chi connectivity index (χ1v) is 7.56. The molecule has 1 N–H and O–H groups in total. The lowest BCUT2D eigenvalue weighted by Crippen LogP contribution is -2.38. The van der Waals surface area contributed by atoms with E-state index >= 15 is 0 Å². The second kappa shape index (κ2) is 7.07. The molecule has 1 aliphatic rings. The van der Waals surface area contributed by atoms with Crippen molar-refractivity contribution in [3.63, 3.8) is 0 Å². The maximum Gasteiger partial charge on any atom is 0.270 e. The van der Waals surface area contributed by atoms with Crippen molar-refractivity contribution in [2.24, 2.45) is 0 Å². The van der Waals surface area contributed by atoms with Crippen LogP contribution in [0.25, 0.3) is 11.3 Å². The summed E-state index contributed by atoms with van der Waals surface area (Å²) in [4.78, 5) is 12.4. The summed E-state index contributed by atoms with van der Waals surface area (Å²) >= 11 is 0. The van der Waals surface area contributed by atoms with Gasteiger partial charge < -0.3 is 5.32 Å². The molecule has 1 fully saturated rings. The molecule has 1 saturated heterocycles. The van der Waals surface area contributed by atoms with Crippen LogP contribution in [0.1, 0.15) is 31.4 Å². The third kappa shape index (κ3) is 3.23. The zero-order valence-corrected chi connectivity index (χ0v) is 13.8. The van der Waals surface area contributed by atoms with Crippen molar-refractivity contribution >= 4 is 12.4 Å². The van der Waals surface area contributed by atoms with Crippen LogP contribution >= 0.6 is 12.4 Å². The summed E-state index contributed by atoms with van der Waals surface area (Å²) in [6.07, 6.45) is 2.27. The average Bonchev–Trinajstić information content (AvgIpc) is 3.04. The van der Waals surface area contributed by atoms with E-state index < -0.39 is 0 Å². The number of rotatable bonds is 3. The van der Waals surface area contributed by atoms with Gasteiger partial charge >= 0.3 is 0 Å². The van der Waals surface area contributed by atoms with Crippen molar-refractivity contribution in [1.29, 1.82) is 0 Å². The Hall–Kier alpha value is -1.65. The van der Waals surface area contributed by atoms with Crippen LogP contribution in [0.15, 0.2) is 41.2 Å². The number of aryl methyl sites for hydroxylation is 1. The number of nitrogens with zero attached hydrogens (tertiary/aromatic N) is 2. The molecule has 5 heteroatoms. The van der Waals surface area contributed by atoms with Crippen molar-refractivity contribution < 1.29 is 0 Å². The van der Waals surface area contributed by atoms with Crippen LogP contribution in [0.2, 0.25) is 0 Å². The molecule has 0 aliphatic carbocycles. The van der Waals surface area contributed by atoms with E-state index in [1.165, 1.54) is 6.42 Å². The zero-order valence-electron chi connectivity index (χ0n) is 13.0. The maximum absolute atomic E-state index is 12.4. The summed E-state index contributed by atoms with van der Waals surface area (Å²) in [5.41, 5.74) is 2.66. The van der Waals surface area contributed by atoms with Gasteiger partial charge in [-0.15, -0.1) is 12.4 Å². The molecule has 118 valence electrons. The Bertz CT molecular complexity index is 678. The van der Waals surface area contributed by atoms with Gasteiger partial charge in [-0.1, -0.05) is 30.3 Å². The minimum atomic E-state index is 0. The molecule has 0 amide bonds. The van der Waals surface area contributed by atoms with E-state index in [9.17, 15) is 4.79 Å². The molecular weight excluding hydrogens is 298 g/mol. The fourth-order valence-electron chi connectivity index (χ4n) is 2.96. The first-order chi connectivity index (χ1) is 10.2. The maximum atomic E-state index is 12.4. The molecule has 1 aromatic heterocycles. The van der Waals surface area contributed by atoms with Crippen molar-refractivity contribution in [3.8, 4) is 11.3 Å². The number of halogens is 1. The van der Waals surface area contributed by atoms with Gasteiger partial charge in [0, 0.05) is 17.2 Å². The second-order valence-electron chi connectivity index (χ2n) is 5.77. The van der Waals surface area contributed by atoms with E-state index in [2.05, 4.69) is 17.3 Å². The van der Waals surface area contributed by atoms with Gasteiger partial charge in [-0.3, -0.25) is 4.79 Å². The van der Waals surface area contributed by atoms with Gasteiger partial charge in [0.2, 0.25) is 0 Å². The molecule has 0 saturated carbocycles. The molecule has 0 bridgehead atoms. The molecule has 4 nitrogen and oxygen atoms in total. The quantitative estimate of drug-likeness (QED) is 0.946. The lowest BCUT2D eigenvalue weighted by Gasteiger charge is -2.22. The number of hydrogen-bond acceptors (Lipinski definition) is 3. The molecule has 2 unspecified atom stereocenters. The standard InChI is InChI=1S/C17H21N3O.ClH/c1-12-11-16(14-7-4-3-5-8-14)19-20(17(12)21)13(2)15-9-6-10-18-15;/h3-5,7-8,11,13,15,18H,6,9-10H2,1-2H3;1H. The Labute approximate surface area is 137 Å². The van der Waals surface area contributed by atoms with Crippen LogP contribution in [-0.2, 0) is 0 Å². The normalized spacial score (nSPS) is 18.7. The highest BCUT2D eigenvalue weighted by molar-refractivity contribution is 5.85. The molecule has 2 aromatic rings. The van der Waals surface area contributed by atoms with Crippen LogP contribution < -0.4 is 10.9 Å². The molecular formula is C17H22ClN3O. The minimum absolute atomic E-state index is 0. The Morgan fingerprint density at radius 1 is 1.32 bits per heavy atom. The van der Waals surface area contributed by atoms with E-state index in [1.54, 1.807) is 4.68 Å². The van der Waals surface area contributed by atoms with Gasteiger partial charge in [0.25, 0.3) is 5.56 Å². The van der Waals surface area contributed by atoms with E-state index in [0.717, 1.165) is 29.8 Å². The molecule has 2 atom stereocenters. The van der Waals surface area contributed by atoms with Gasteiger partial charge in [0.1, 0.15) is 0 Å². The highest BCUT2D eigenvalue weighted by atomic mass is 35.5. The summed E-state index contributed by atoms with van der Waals surface area (Å²) in [6, 6.07) is 12.3. The Morgan fingerprint density at radius 3 is 2.68 bits per heavy atom. The number of benzene rings is 1. The molecule has 1 aliphatic heterocycles. The lowest BCUT2D eigenvalue weighted by atomic mass is 10.1. The topological polar surface area (TPSA) is 46.9 Å². The highest BCUT2D eigenvalue weighted by Gasteiger charge is 2.24. The molecule has 0 spiro atoms.